The van der Waals surface area contributed by atoms with Gasteiger partial charge in [0.2, 0.25) is 0 Å². The van der Waals surface area contributed by atoms with Gasteiger partial charge in [-0.05, 0) is 57.0 Å². The van der Waals surface area contributed by atoms with Crippen molar-refractivity contribution in [1.29, 1.82) is 0 Å². The second kappa shape index (κ2) is 7.81. The Morgan fingerprint density at radius 1 is 1.33 bits per heavy atom. The maximum absolute atomic E-state index is 12.5. The summed E-state index contributed by atoms with van der Waals surface area (Å²) < 4.78 is 8.16. The number of hydrogen-bond donors (Lipinski definition) is 1. The molecule has 6 nitrogen and oxygen atoms in total. The number of amides is 1. The maximum Gasteiger partial charge on any atom is 0.271 e. The van der Waals surface area contributed by atoms with Crippen LogP contribution in [-0.2, 0) is 6.73 Å². The van der Waals surface area contributed by atoms with E-state index in [2.05, 4.69) is 38.3 Å². The van der Waals surface area contributed by atoms with Gasteiger partial charge in [0, 0.05) is 28.8 Å². The Kier molecular flexibility index (Phi) is 5.43. The van der Waals surface area contributed by atoms with E-state index in [1.54, 1.807) is 29.1 Å². The Hall–Kier alpha value is -1.57. The summed E-state index contributed by atoms with van der Waals surface area (Å²) in [5.74, 6) is 0.451. The van der Waals surface area contributed by atoms with Gasteiger partial charge in [0.05, 0.1) is 5.02 Å². The summed E-state index contributed by atoms with van der Waals surface area (Å²) in [7, 11) is 2.19. The van der Waals surface area contributed by atoms with Crippen molar-refractivity contribution in [3.63, 3.8) is 0 Å². The van der Waals surface area contributed by atoms with Crippen LogP contribution in [0.1, 0.15) is 36.2 Å². The van der Waals surface area contributed by atoms with Crippen molar-refractivity contribution >= 4 is 33.4 Å². The van der Waals surface area contributed by atoms with Crippen molar-refractivity contribution in [3.8, 4) is 5.75 Å². The quantitative estimate of drug-likeness (QED) is 0.750. The van der Waals surface area contributed by atoms with Gasteiger partial charge in [0.1, 0.15) is 11.4 Å². The number of nitrogens with one attached hydrogen (secondary N) is 1. The van der Waals surface area contributed by atoms with Crippen molar-refractivity contribution < 1.29 is 9.53 Å². The van der Waals surface area contributed by atoms with Crippen molar-refractivity contribution in [1.82, 2.24) is 20.0 Å². The first-order valence-corrected chi connectivity index (χ1v) is 10.3. The lowest BCUT2D eigenvalue weighted by Gasteiger charge is -2.36. The van der Waals surface area contributed by atoms with Crippen molar-refractivity contribution in [2.45, 2.75) is 50.5 Å². The van der Waals surface area contributed by atoms with E-state index >= 15 is 0 Å². The summed E-state index contributed by atoms with van der Waals surface area (Å²) in [5, 5.41) is 7.99. The lowest BCUT2D eigenvalue weighted by atomic mass is 9.98. The van der Waals surface area contributed by atoms with Crippen molar-refractivity contribution in [3.05, 3.63) is 45.7 Å². The zero-order valence-corrected chi connectivity index (χ0v) is 17.4. The third kappa shape index (κ3) is 4.15. The third-order valence-electron chi connectivity index (χ3n) is 5.55. The molecule has 1 N–H and O–H groups in total. The third-order valence-corrected chi connectivity index (χ3v) is 6.34. The molecule has 2 atom stereocenters. The SMILES string of the molecule is CN1[C@@H]2CC[C@@H]1CC(NC(=O)c1ccn(COc3ccc(Br)cc3Cl)n1)C2. The molecule has 2 fully saturated rings. The molecule has 144 valence electrons. The van der Waals surface area contributed by atoms with E-state index in [-0.39, 0.29) is 18.7 Å². The van der Waals surface area contributed by atoms with Crippen LogP contribution in [0, 0.1) is 0 Å². The average Bonchev–Trinajstić information content (AvgIpc) is 3.16. The van der Waals surface area contributed by atoms with Crippen LogP contribution in [0.2, 0.25) is 5.02 Å². The van der Waals surface area contributed by atoms with Gasteiger partial charge >= 0.3 is 0 Å². The predicted octanol–water partition coefficient (Wildman–Crippen LogP) is 3.69. The summed E-state index contributed by atoms with van der Waals surface area (Å²) in [4.78, 5) is 15.0. The topological polar surface area (TPSA) is 59.4 Å². The fraction of sp³-hybridized carbons (Fsp3) is 0.474. The van der Waals surface area contributed by atoms with Crippen LogP contribution in [0.5, 0.6) is 5.75 Å². The number of nitrogens with zero attached hydrogens (tertiary/aromatic N) is 3. The van der Waals surface area contributed by atoms with Gasteiger partial charge in [-0.1, -0.05) is 27.5 Å². The zero-order valence-electron chi connectivity index (χ0n) is 15.1. The summed E-state index contributed by atoms with van der Waals surface area (Å²) in [6.07, 6.45) is 6.24. The number of halogens is 2. The molecule has 2 bridgehead atoms. The van der Waals surface area contributed by atoms with Crippen LogP contribution in [-0.4, -0.2) is 45.8 Å². The summed E-state index contributed by atoms with van der Waals surface area (Å²) >= 11 is 9.51. The molecule has 2 saturated heterocycles. The highest BCUT2D eigenvalue weighted by molar-refractivity contribution is 9.10. The smallest absolute Gasteiger partial charge is 0.271 e. The highest BCUT2D eigenvalue weighted by atomic mass is 79.9. The van der Waals surface area contributed by atoms with Gasteiger partial charge in [0.25, 0.3) is 5.91 Å². The molecule has 1 aromatic heterocycles. The number of ether oxygens (including phenoxy) is 1. The number of carbonyl (C=O) groups excluding carboxylic acids is 1. The lowest BCUT2D eigenvalue weighted by Crippen LogP contribution is -2.48. The minimum absolute atomic E-state index is 0.121. The predicted molar refractivity (Wildman–Crippen MR) is 107 cm³/mol. The van der Waals surface area contributed by atoms with E-state index in [4.69, 9.17) is 16.3 Å². The fourth-order valence-corrected chi connectivity index (χ4v) is 4.80. The molecule has 0 aliphatic carbocycles. The van der Waals surface area contributed by atoms with Crippen LogP contribution in [0.3, 0.4) is 0 Å². The standard InChI is InChI=1S/C19H22BrClN4O2/c1-24-14-3-4-15(24)10-13(9-14)22-19(26)17-6-7-25(23-17)11-27-18-5-2-12(20)8-16(18)21/h2,5-8,13-15H,3-4,9-11H2,1H3,(H,22,26)/t14-,15-/m1/s1. The molecule has 27 heavy (non-hydrogen) atoms. The van der Waals surface area contributed by atoms with Crippen molar-refractivity contribution in [2.24, 2.45) is 0 Å². The molecule has 2 aliphatic heterocycles. The van der Waals surface area contributed by atoms with Crippen molar-refractivity contribution in [2.75, 3.05) is 7.05 Å². The molecule has 2 aliphatic rings. The Labute approximate surface area is 171 Å². The van der Waals surface area contributed by atoms with Gasteiger partial charge < -0.3 is 15.0 Å². The molecular weight excluding hydrogens is 432 g/mol. The van der Waals surface area contributed by atoms with Crippen LogP contribution in [0.15, 0.2) is 34.9 Å². The number of carbonyl (C=O) groups is 1. The molecular formula is C19H22BrClN4O2. The first-order valence-electron chi connectivity index (χ1n) is 9.13. The fourth-order valence-electron chi connectivity index (χ4n) is 4.07. The second-order valence-corrected chi connectivity index (χ2v) is 8.60. The van der Waals surface area contributed by atoms with Crippen LogP contribution in [0.25, 0.3) is 0 Å². The Balaban J connectivity index is 1.33. The van der Waals surface area contributed by atoms with Gasteiger partial charge in [-0.15, -0.1) is 0 Å². The molecule has 0 saturated carbocycles. The molecule has 2 aromatic rings. The lowest BCUT2D eigenvalue weighted by molar-refractivity contribution is 0.0875. The number of benzene rings is 1. The summed E-state index contributed by atoms with van der Waals surface area (Å²) in [5.41, 5.74) is 0.409. The van der Waals surface area contributed by atoms with E-state index in [0.717, 1.165) is 17.3 Å². The summed E-state index contributed by atoms with van der Waals surface area (Å²) in [6, 6.07) is 8.55. The van der Waals surface area contributed by atoms with E-state index < -0.39 is 0 Å². The van der Waals surface area contributed by atoms with Crippen LogP contribution >= 0.6 is 27.5 Å². The first kappa shape index (κ1) is 18.8. The molecule has 1 amide bonds. The Morgan fingerprint density at radius 3 is 2.78 bits per heavy atom. The minimum atomic E-state index is -0.121. The average molecular weight is 454 g/mol. The van der Waals surface area contributed by atoms with E-state index in [1.807, 2.05) is 6.07 Å². The molecule has 0 radical (unpaired) electrons. The first-order chi connectivity index (χ1) is 13.0. The monoisotopic (exact) mass is 452 g/mol. The number of aromatic nitrogens is 2. The Morgan fingerprint density at radius 2 is 2.07 bits per heavy atom. The molecule has 1 aromatic carbocycles. The van der Waals surface area contributed by atoms with Gasteiger partial charge in [-0.25, -0.2) is 4.68 Å². The molecule has 0 spiro atoms. The number of fused-ring (bicyclic) bond motifs is 2. The minimum Gasteiger partial charge on any atom is -0.470 e. The van der Waals surface area contributed by atoms with Gasteiger partial charge in [0.15, 0.2) is 6.73 Å². The highest BCUT2D eigenvalue weighted by Crippen LogP contribution is 2.34. The van der Waals surface area contributed by atoms with Crippen LogP contribution < -0.4 is 10.1 Å². The Bertz CT molecular complexity index is 829. The summed E-state index contributed by atoms with van der Waals surface area (Å²) in [6.45, 7) is 0.188. The molecule has 4 rings (SSSR count). The zero-order chi connectivity index (χ0) is 19.0. The maximum atomic E-state index is 12.5. The number of rotatable bonds is 5. The van der Waals surface area contributed by atoms with Crippen LogP contribution in [0.4, 0.5) is 0 Å². The largest absolute Gasteiger partial charge is 0.470 e. The van der Waals surface area contributed by atoms with Gasteiger partial charge in [-0.2, -0.15) is 5.10 Å². The van der Waals surface area contributed by atoms with Gasteiger partial charge in [-0.3, -0.25) is 4.79 Å². The van der Waals surface area contributed by atoms with E-state index in [9.17, 15) is 4.79 Å². The molecule has 3 heterocycles. The number of hydrogen-bond acceptors (Lipinski definition) is 4. The van der Waals surface area contributed by atoms with E-state index in [1.165, 1.54) is 12.8 Å². The molecule has 8 heteroatoms. The number of piperidine rings is 1. The molecule has 0 unspecified atom stereocenters. The highest BCUT2D eigenvalue weighted by Gasteiger charge is 2.38. The van der Waals surface area contributed by atoms with E-state index in [0.29, 0.717) is 28.5 Å². The normalized spacial score (nSPS) is 24.8. The second-order valence-electron chi connectivity index (χ2n) is 7.28.